The Morgan fingerprint density at radius 1 is 0.848 bits per heavy atom. The van der Waals surface area contributed by atoms with E-state index in [9.17, 15) is 9.59 Å². The number of piperidine rings is 1. The summed E-state index contributed by atoms with van der Waals surface area (Å²) in [7, 11) is 0. The zero-order valence-electron chi connectivity index (χ0n) is 18.7. The number of carbonyl (C=O) groups excluding carboxylic acids is 2. The predicted molar refractivity (Wildman–Crippen MR) is 130 cm³/mol. The van der Waals surface area contributed by atoms with Gasteiger partial charge in [-0.1, -0.05) is 36.4 Å². The molecular formula is C27H29N3O3. The fraction of sp³-hybridized carbons (Fsp3) is 0.259. The van der Waals surface area contributed by atoms with Crippen LogP contribution in [-0.4, -0.2) is 41.9 Å². The Hall–Kier alpha value is -3.64. The molecule has 170 valence electrons. The fourth-order valence-electron chi connectivity index (χ4n) is 3.93. The molecule has 1 atom stereocenters. The Balaban J connectivity index is 1.24. The number of para-hydroxylation sites is 1. The molecule has 0 radical (unpaired) electrons. The monoisotopic (exact) mass is 443 g/mol. The molecule has 1 aliphatic rings. The summed E-state index contributed by atoms with van der Waals surface area (Å²) in [5.74, 6) is 1.40. The average Bonchev–Trinajstić information content (AvgIpc) is 2.86. The first-order valence-corrected chi connectivity index (χ1v) is 11.3. The third-order valence-electron chi connectivity index (χ3n) is 5.93. The summed E-state index contributed by atoms with van der Waals surface area (Å²) >= 11 is 0. The van der Waals surface area contributed by atoms with Crippen LogP contribution in [-0.2, 0) is 4.79 Å². The lowest BCUT2D eigenvalue weighted by atomic mass is 10.0. The van der Waals surface area contributed by atoms with E-state index < -0.39 is 0 Å². The summed E-state index contributed by atoms with van der Waals surface area (Å²) in [6, 6.07) is 26.1. The van der Waals surface area contributed by atoms with Gasteiger partial charge in [-0.3, -0.25) is 14.5 Å². The molecule has 6 nitrogen and oxygen atoms in total. The topological polar surface area (TPSA) is 70.7 Å². The highest BCUT2D eigenvalue weighted by Crippen LogP contribution is 2.23. The van der Waals surface area contributed by atoms with E-state index in [1.807, 2.05) is 91.9 Å². The molecule has 0 aromatic heterocycles. The second kappa shape index (κ2) is 10.8. The van der Waals surface area contributed by atoms with Crippen molar-refractivity contribution < 1.29 is 14.3 Å². The van der Waals surface area contributed by atoms with Gasteiger partial charge in [0.25, 0.3) is 5.91 Å². The van der Waals surface area contributed by atoms with Gasteiger partial charge < -0.3 is 15.4 Å². The first kappa shape index (κ1) is 22.6. The van der Waals surface area contributed by atoms with Crippen molar-refractivity contribution in [1.82, 2.24) is 10.2 Å². The van der Waals surface area contributed by atoms with Crippen molar-refractivity contribution in [2.45, 2.75) is 31.8 Å². The van der Waals surface area contributed by atoms with Crippen molar-refractivity contribution in [3.63, 3.8) is 0 Å². The molecule has 0 bridgehead atoms. The molecular weight excluding hydrogens is 414 g/mol. The van der Waals surface area contributed by atoms with Crippen molar-refractivity contribution in [3.05, 3.63) is 90.5 Å². The Morgan fingerprint density at radius 2 is 1.42 bits per heavy atom. The van der Waals surface area contributed by atoms with Gasteiger partial charge in [-0.15, -0.1) is 0 Å². The number of amides is 2. The lowest BCUT2D eigenvalue weighted by molar-refractivity contribution is -0.121. The number of benzene rings is 3. The molecule has 1 fully saturated rings. The smallest absolute Gasteiger partial charge is 0.251 e. The summed E-state index contributed by atoms with van der Waals surface area (Å²) < 4.78 is 5.80. The number of nitrogens with one attached hydrogen (secondary N) is 2. The van der Waals surface area contributed by atoms with Gasteiger partial charge in [-0.05, 0) is 68.3 Å². The summed E-state index contributed by atoms with van der Waals surface area (Å²) in [6.07, 6.45) is 1.64. The molecule has 1 aliphatic heterocycles. The van der Waals surface area contributed by atoms with E-state index in [4.69, 9.17) is 4.74 Å². The van der Waals surface area contributed by atoms with Crippen LogP contribution in [0.4, 0.5) is 5.69 Å². The number of rotatable bonds is 7. The standard InChI is InChI=1S/C27H29N3O3/c1-20(30-18-16-23(17-19-30)29-27(32)21-8-4-2-5-9-21)26(31)28-22-12-14-25(15-13-22)33-24-10-6-3-7-11-24/h2-15,20,23H,16-19H2,1H3,(H,28,31)(H,29,32). The third kappa shape index (κ3) is 6.20. The van der Waals surface area contributed by atoms with Crippen molar-refractivity contribution >= 4 is 17.5 Å². The van der Waals surface area contributed by atoms with Gasteiger partial charge in [0.05, 0.1) is 6.04 Å². The summed E-state index contributed by atoms with van der Waals surface area (Å²) in [6.45, 7) is 3.45. The van der Waals surface area contributed by atoms with Crippen molar-refractivity contribution in [2.75, 3.05) is 18.4 Å². The number of hydrogen-bond acceptors (Lipinski definition) is 4. The Morgan fingerprint density at radius 3 is 2.06 bits per heavy atom. The highest BCUT2D eigenvalue weighted by molar-refractivity contribution is 5.95. The predicted octanol–water partition coefficient (Wildman–Crippen LogP) is 4.70. The van der Waals surface area contributed by atoms with Gasteiger partial charge in [0.1, 0.15) is 11.5 Å². The van der Waals surface area contributed by atoms with E-state index >= 15 is 0 Å². The number of ether oxygens (including phenoxy) is 1. The zero-order chi connectivity index (χ0) is 23.0. The highest BCUT2D eigenvalue weighted by atomic mass is 16.5. The fourth-order valence-corrected chi connectivity index (χ4v) is 3.93. The minimum atomic E-state index is -0.254. The number of hydrogen-bond donors (Lipinski definition) is 2. The first-order valence-electron chi connectivity index (χ1n) is 11.3. The van der Waals surface area contributed by atoms with Crippen LogP contribution in [0.5, 0.6) is 11.5 Å². The second-order valence-electron chi connectivity index (χ2n) is 8.25. The molecule has 1 unspecified atom stereocenters. The van der Waals surface area contributed by atoms with Crippen LogP contribution < -0.4 is 15.4 Å². The molecule has 6 heteroatoms. The van der Waals surface area contributed by atoms with Gasteiger partial charge >= 0.3 is 0 Å². The van der Waals surface area contributed by atoms with Crippen LogP contribution >= 0.6 is 0 Å². The van der Waals surface area contributed by atoms with E-state index in [-0.39, 0.29) is 23.9 Å². The van der Waals surface area contributed by atoms with Crippen molar-refractivity contribution in [3.8, 4) is 11.5 Å². The molecule has 0 aliphatic carbocycles. The lowest BCUT2D eigenvalue weighted by Crippen LogP contribution is -2.50. The normalized spacial score (nSPS) is 15.4. The Bertz CT molecular complexity index is 1050. The molecule has 3 aromatic rings. The molecule has 2 amide bonds. The van der Waals surface area contributed by atoms with Gasteiger partial charge in [0.15, 0.2) is 0 Å². The minimum absolute atomic E-state index is 0.0421. The molecule has 0 saturated carbocycles. The van der Waals surface area contributed by atoms with Crippen LogP contribution in [0.2, 0.25) is 0 Å². The maximum Gasteiger partial charge on any atom is 0.251 e. The number of likely N-dealkylation sites (tertiary alicyclic amines) is 1. The first-order chi connectivity index (χ1) is 16.1. The number of carbonyl (C=O) groups is 2. The van der Waals surface area contributed by atoms with Gasteiger partial charge in [-0.25, -0.2) is 0 Å². The number of nitrogens with zero attached hydrogens (tertiary/aromatic N) is 1. The van der Waals surface area contributed by atoms with Crippen molar-refractivity contribution in [1.29, 1.82) is 0 Å². The Labute approximate surface area is 194 Å². The maximum atomic E-state index is 12.8. The summed E-state index contributed by atoms with van der Waals surface area (Å²) in [4.78, 5) is 27.3. The van der Waals surface area contributed by atoms with Crippen LogP contribution in [0.15, 0.2) is 84.9 Å². The molecule has 4 rings (SSSR count). The lowest BCUT2D eigenvalue weighted by Gasteiger charge is -2.35. The molecule has 0 spiro atoms. The van der Waals surface area contributed by atoms with E-state index in [1.165, 1.54) is 0 Å². The van der Waals surface area contributed by atoms with Crippen LogP contribution in [0.1, 0.15) is 30.1 Å². The van der Waals surface area contributed by atoms with Gasteiger partial charge in [0.2, 0.25) is 5.91 Å². The third-order valence-corrected chi connectivity index (χ3v) is 5.93. The quantitative estimate of drug-likeness (QED) is 0.555. The van der Waals surface area contributed by atoms with E-state index in [0.717, 1.165) is 37.4 Å². The maximum absolute atomic E-state index is 12.8. The van der Waals surface area contributed by atoms with Crippen LogP contribution in [0, 0.1) is 0 Å². The van der Waals surface area contributed by atoms with Crippen LogP contribution in [0.3, 0.4) is 0 Å². The van der Waals surface area contributed by atoms with E-state index in [2.05, 4.69) is 15.5 Å². The average molecular weight is 444 g/mol. The molecule has 2 N–H and O–H groups in total. The highest BCUT2D eigenvalue weighted by Gasteiger charge is 2.27. The van der Waals surface area contributed by atoms with Gasteiger partial charge in [0, 0.05) is 30.4 Å². The molecule has 33 heavy (non-hydrogen) atoms. The summed E-state index contributed by atoms with van der Waals surface area (Å²) in [5.41, 5.74) is 1.41. The van der Waals surface area contributed by atoms with Crippen molar-refractivity contribution in [2.24, 2.45) is 0 Å². The largest absolute Gasteiger partial charge is 0.457 e. The zero-order valence-corrected chi connectivity index (χ0v) is 18.7. The number of anilines is 1. The van der Waals surface area contributed by atoms with Crippen LogP contribution in [0.25, 0.3) is 0 Å². The molecule has 1 saturated heterocycles. The van der Waals surface area contributed by atoms with E-state index in [0.29, 0.717) is 11.3 Å². The SMILES string of the molecule is CC(C(=O)Nc1ccc(Oc2ccccc2)cc1)N1CCC(NC(=O)c2ccccc2)CC1. The molecule has 3 aromatic carbocycles. The molecule has 1 heterocycles. The minimum Gasteiger partial charge on any atom is -0.457 e. The van der Waals surface area contributed by atoms with E-state index in [1.54, 1.807) is 0 Å². The summed E-state index contributed by atoms with van der Waals surface area (Å²) in [5, 5.41) is 6.10. The van der Waals surface area contributed by atoms with Gasteiger partial charge in [-0.2, -0.15) is 0 Å². The second-order valence-corrected chi connectivity index (χ2v) is 8.25. The Kier molecular flexibility index (Phi) is 7.37.